The lowest BCUT2D eigenvalue weighted by atomic mass is 10.2. The van der Waals surface area contributed by atoms with Crippen molar-refractivity contribution in [1.82, 2.24) is 9.36 Å². The minimum absolute atomic E-state index is 0.229. The summed E-state index contributed by atoms with van der Waals surface area (Å²) in [7, 11) is 0. The van der Waals surface area contributed by atoms with Gasteiger partial charge in [-0.2, -0.15) is 0 Å². The molecule has 4 rings (SSSR count). The SMILES string of the molecule is Cc1cccc(NC(=O)Nc2c(C)n(-c3ccccc3)n(-c3ccccc3)c2=O)c1. The van der Waals surface area contributed by atoms with E-state index < -0.39 is 6.03 Å². The van der Waals surface area contributed by atoms with Crippen LogP contribution in [-0.2, 0) is 0 Å². The number of aromatic nitrogens is 2. The normalized spacial score (nSPS) is 10.6. The van der Waals surface area contributed by atoms with Crippen molar-refractivity contribution in [2.24, 2.45) is 0 Å². The maximum atomic E-state index is 13.3. The molecule has 150 valence electrons. The molecule has 0 saturated heterocycles. The Bertz CT molecular complexity index is 1240. The van der Waals surface area contributed by atoms with Gasteiger partial charge >= 0.3 is 6.03 Å². The average molecular weight is 398 g/mol. The summed E-state index contributed by atoms with van der Waals surface area (Å²) >= 11 is 0. The fraction of sp³-hybridized carbons (Fsp3) is 0.0833. The number of aryl methyl sites for hydroxylation is 1. The molecule has 6 heteroatoms. The van der Waals surface area contributed by atoms with Crippen LogP contribution in [-0.4, -0.2) is 15.4 Å². The number of rotatable bonds is 4. The molecule has 0 aliphatic rings. The van der Waals surface area contributed by atoms with Gasteiger partial charge in [-0.3, -0.25) is 4.79 Å². The Morgan fingerprint density at radius 1 is 0.733 bits per heavy atom. The van der Waals surface area contributed by atoms with Crippen LogP contribution in [0.25, 0.3) is 11.4 Å². The highest BCUT2D eigenvalue weighted by molar-refractivity contribution is 6.00. The van der Waals surface area contributed by atoms with Crippen molar-refractivity contribution in [2.75, 3.05) is 10.6 Å². The predicted octanol–water partition coefficient (Wildman–Crippen LogP) is 4.89. The third-order valence-corrected chi connectivity index (χ3v) is 4.80. The van der Waals surface area contributed by atoms with Gasteiger partial charge in [-0.25, -0.2) is 14.2 Å². The Balaban J connectivity index is 1.77. The predicted molar refractivity (Wildman–Crippen MR) is 120 cm³/mol. The van der Waals surface area contributed by atoms with Gasteiger partial charge in [-0.1, -0.05) is 48.5 Å². The first-order valence-electron chi connectivity index (χ1n) is 9.65. The van der Waals surface area contributed by atoms with Crippen molar-refractivity contribution in [3.05, 3.63) is 107 Å². The molecule has 1 aromatic heterocycles. The summed E-state index contributed by atoms with van der Waals surface area (Å²) in [6.07, 6.45) is 0. The second-order valence-corrected chi connectivity index (χ2v) is 7.01. The van der Waals surface area contributed by atoms with Gasteiger partial charge in [0, 0.05) is 5.69 Å². The fourth-order valence-corrected chi connectivity index (χ4v) is 3.43. The Kier molecular flexibility index (Phi) is 5.22. The van der Waals surface area contributed by atoms with Gasteiger partial charge in [0.05, 0.1) is 17.1 Å². The molecule has 0 fully saturated rings. The van der Waals surface area contributed by atoms with Crippen LogP contribution in [0.5, 0.6) is 0 Å². The number of para-hydroxylation sites is 2. The van der Waals surface area contributed by atoms with Crippen LogP contribution in [0.4, 0.5) is 16.2 Å². The van der Waals surface area contributed by atoms with Crippen molar-refractivity contribution >= 4 is 17.4 Å². The summed E-state index contributed by atoms with van der Waals surface area (Å²) in [5.41, 5.74) is 3.79. The molecule has 0 unspecified atom stereocenters. The van der Waals surface area contributed by atoms with Gasteiger partial charge in [0.1, 0.15) is 5.69 Å². The maximum absolute atomic E-state index is 13.3. The number of urea groups is 1. The van der Waals surface area contributed by atoms with Crippen LogP contribution in [0.15, 0.2) is 89.7 Å². The number of benzene rings is 3. The van der Waals surface area contributed by atoms with E-state index in [9.17, 15) is 9.59 Å². The monoisotopic (exact) mass is 398 g/mol. The van der Waals surface area contributed by atoms with E-state index in [1.807, 2.05) is 92.7 Å². The molecule has 1 heterocycles. The number of amides is 2. The molecule has 0 bridgehead atoms. The Labute approximate surface area is 174 Å². The molecular formula is C24H22N4O2. The third kappa shape index (κ3) is 3.75. The number of anilines is 2. The standard InChI is InChI=1S/C24H22N4O2/c1-17-10-9-11-19(16-17)25-24(30)26-22-18(2)27(20-12-5-3-6-13-20)28(23(22)29)21-14-7-4-8-15-21/h3-16H,1-2H3,(H2,25,26,30). The lowest BCUT2D eigenvalue weighted by Gasteiger charge is -2.13. The van der Waals surface area contributed by atoms with E-state index in [0.29, 0.717) is 17.1 Å². The van der Waals surface area contributed by atoms with Crippen molar-refractivity contribution in [3.63, 3.8) is 0 Å². The quantitative estimate of drug-likeness (QED) is 0.514. The summed E-state index contributed by atoms with van der Waals surface area (Å²) in [5, 5.41) is 5.53. The van der Waals surface area contributed by atoms with E-state index in [1.54, 1.807) is 15.4 Å². The third-order valence-electron chi connectivity index (χ3n) is 4.80. The highest BCUT2D eigenvalue weighted by Crippen LogP contribution is 2.20. The zero-order chi connectivity index (χ0) is 21.1. The van der Waals surface area contributed by atoms with Crippen molar-refractivity contribution in [3.8, 4) is 11.4 Å². The minimum Gasteiger partial charge on any atom is -0.308 e. The summed E-state index contributed by atoms with van der Waals surface area (Å²) in [4.78, 5) is 25.9. The summed E-state index contributed by atoms with van der Waals surface area (Å²) in [6.45, 7) is 3.77. The molecule has 6 nitrogen and oxygen atoms in total. The zero-order valence-electron chi connectivity index (χ0n) is 16.8. The molecule has 0 atom stereocenters. The van der Waals surface area contributed by atoms with Gasteiger partial charge < -0.3 is 10.6 Å². The number of hydrogen-bond donors (Lipinski definition) is 2. The van der Waals surface area contributed by atoms with Crippen molar-refractivity contribution in [1.29, 1.82) is 0 Å². The Morgan fingerprint density at radius 3 is 1.93 bits per heavy atom. The van der Waals surface area contributed by atoms with E-state index in [4.69, 9.17) is 0 Å². The molecule has 30 heavy (non-hydrogen) atoms. The maximum Gasteiger partial charge on any atom is 0.323 e. The van der Waals surface area contributed by atoms with Crippen molar-refractivity contribution in [2.45, 2.75) is 13.8 Å². The second kappa shape index (κ2) is 8.13. The number of carbonyl (C=O) groups is 1. The average Bonchev–Trinajstić information content (AvgIpc) is 2.99. The van der Waals surface area contributed by atoms with Crippen LogP contribution in [0.1, 0.15) is 11.3 Å². The first-order valence-corrected chi connectivity index (χ1v) is 9.65. The first-order chi connectivity index (χ1) is 14.5. The van der Waals surface area contributed by atoms with E-state index in [-0.39, 0.29) is 11.2 Å². The number of carbonyl (C=O) groups excluding carboxylic acids is 1. The van der Waals surface area contributed by atoms with Crippen LogP contribution in [0.2, 0.25) is 0 Å². The van der Waals surface area contributed by atoms with Crippen LogP contribution in [0, 0.1) is 13.8 Å². The Morgan fingerprint density at radius 2 is 1.33 bits per heavy atom. The number of hydrogen-bond acceptors (Lipinski definition) is 2. The Hall–Kier alpha value is -4.06. The molecule has 3 aromatic carbocycles. The molecular weight excluding hydrogens is 376 g/mol. The lowest BCUT2D eigenvalue weighted by Crippen LogP contribution is -2.25. The van der Waals surface area contributed by atoms with E-state index in [1.165, 1.54) is 0 Å². The van der Waals surface area contributed by atoms with Crippen LogP contribution in [0.3, 0.4) is 0 Å². The van der Waals surface area contributed by atoms with E-state index in [2.05, 4.69) is 10.6 Å². The van der Waals surface area contributed by atoms with Crippen molar-refractivity contribution < 1.29 is 4.79 Å². The van der Waals surface area contributed by atoms with E-state index >= 15 is 0 Å². The largest absolute Gasteiger partial charge is 0.323 e. The smallest absolute Gasteiger partial charge is 0.308 e. The lowest BCUT2D eigenvalue weighted by molar-refractivity contribution is 0.262. The van der Waals surface area contributed by atoms with Gasteiger partial charge in [-0.05, 0) is 55.8 Å². The number of nitrogens with one attached hydrogen (secondary N) is 2. The van der Waals surface area contributed by atoms with Gasteiger partial charge in [-0.15, -0.1) is 0 Å². The molecule has 0 radical (unpaired) electrons. The highest BCUT2D eigenvalue weighted by Gasteiger charge is 2.21. The number of nitrogens with zero attached hydrogens (tertiary/aromatic N) is 2. The molecule has 0 aliphatic carbocycles. The summed E-state index contributed by atoms with van der Waals surface area (Å²) in [5.74, 6) is 0. The van der Waals surface area contributed by atoms with Gasteiger partial charge in [0.2, 0.25) is 0 Å². The second-order valence-electron chi connectivity index (χ2n) is 7.01. The zero-order valence-corrected chi connectivity index (χ0v) is 16.8. The molecule has 4 aromatic rings. The molecule has 2 amide bonds. The topological polar surface area (TPSA) is 68.1 Å². The van der Waals surface area contributed by atoms with Gasteiger partial charge in [0.15, 0.2) is 0 Å². The molecule has 0 aliphatic heterocycles. The van der Waals surface area contributed by atoms with E-state index in [0.717, 1.165) is 11.3 Å². The summed E-state index contributed by atoms with van der Waals surface area (Å²) in [6, 6.07) is 25.9. The van der Waals surface area contributed by atoms with Crippen LogP contribution >= 0.6 is 0 Å². The van der Waals surface area contributed by atoms with Crippen LogP contribution < -0.4 is 16.2 Å². The van der Waals surface area contributed by atoms with Gasteiger partial charge in [0.25, 0.3) is 5.56 Å². The molecule has 0 spiro atoms. The first kappa shape index (κ1) is 19.3. The minimum atomic E-state index is -0.466. The highest BCUT2D eigenvalue weighted by atomic mass is 16.2. The molecule has 0 saturated carbocycles. The molecule has 2 N–H and O–H groups in total. The fourth-order valence-electron chi connectivity index (χ4n) is 3.43. The summed E-state index contributed by atoms with van der Waals surface area (Å²) < 4.78 is 3.37.